The smallest absolute Gasteiger partial charge is 0.105 e. The highest BCUT2D eigenvalue weighted by Gasteiger charge is 2.28. The number of aryl methyl sites for hydroxylation is 2. The number of furan rings is 1. The van der Waals surface area contributed by atoms with Gasteiger partial charge in [-0.3, -0.25) is 4.90 Å². The van der Waals surface area contributed by atoms with Crippen LogP contribution in [0, 0.1) is 13.8 Å². The van der Waals surface area contributed by atoms with E-state index in [9.17, 15) is 0 Å². The summed E-state index contributed by atoms with van der Waals surface area (Å²) in [5.41, 5.74) is 1.41. The molecule has 2 heterocycles. The first-order valence-corrected chi connectivity index (χ1v) is 7.53. The van der Waals surface area contributed by atoms with Gasteiger partial charge in [-0.25, -0.2) is 0 Å². The predicted octanol–water partition coefficient (Wildman–Crippen LogP) is 2.66. The Morgan fingerprint density at radius 2 is 1.95 bits per heavy atom. The summed E-state index contributed by atoms with van der Waals surface area (Å²) in [6, 6.07) is 2.45. The summed E-state index contributed by atoms with van der Waals surface area (Å²) >= 11 is 0. The Hall–Kier alpha value is -0.840. The van der Waals surface area contributed by atoms with Crippen LogP contribution in [0.25, 0.3) is 0 Å². The lowest BCUT2D eigenvalue weighted by atomic mass is 10.0. The second-order valence-electron chi connectivity index (χ2n) is 6.38. The summed E-state index contributed by atoms with van der Waals surface area (Å²) in [5, 5.41) is 3.65. The third-order valence-electron chi connectivity index (χ3n) is 4.25. The van der Waals surface area contributed by atoms with Crippen LogP contribution in [0.4, 0.5) is 0 Å². The van der Waals surface area contributed by atoms with Crippen molar-refractivity contribution in [1.29, 1.82) is 0 Å². The maximum Gasteiger partial charge on any atom is 0.105 e. The zero-order chi connectivity index (χ0) is 14.8. The Bertz CT molecular complexity index is 434. The average molecular weight is 280 g/mol. The molecule has 2 rings (SSSR count). The number of rotatable bonds is 5. The summed E-state index contributed by atoms with van der Waals surface area (Å²) in [4.78, 5) is 2.50. The van der Waals surface area contributed by atoms with Gasteiger partial charge in [0, 0.05) is 36.8 Å². The van der Waals surface area contributed by atoms with Gasteiger partial charge in [0.1, 0.15) is 11.5 Å². The monoisotopic (exact) mass is 280 g/mol. The van der Waals surface area contributed by atoms with Gasteiger partial charge in [-0.2, -0.15) is 0 Å². The van der Waals surface area contributed by atoms with E-state index in [1.165, 1.54) is 5.56 Å². The zero-order valence-electron chi connectivity index (χ0n) is 13.5. The van der Waals surface area contributed by atoms with Crippen LogP contribution in [-0.4, -0.2) is 43.3 Å². The van der Waals surface area contributed by atoms with E-state index < -0.39 is 0 Å². The van der Waals surface area contributed by atoms with Crippen LogP contribution >= 0.6 is 0 Å². The molecule has 1 atom stereocenters. The second-order valence-corrected chi connectivity index (χ2v) is 6.38. The molecule has 0 radical (unpaired) electrons. The lowest BCUT2D eigenvalue weighted by Gasteiger charge is -2.41. The molecule has 1 N–H and O–H groups in total. The number of hydrogen-bond donors (Lipinski definition) is 1. The quantitative estimate of drug-likeness (QED) is 0.900. The number of nitrogens with one attached hydrogen (secondary N) is 1. The lowest BCUT2D eigenvalue weighted by molar-refractivity contribution is -0.0102. The largest absolute Gasteiger partial charge is 0.466 e. The Kier molecular flexibility index (Phi) is 4.89. The Morgan fingerprint density at radius 3 is 2.50 bits per heavy atom. The van der Waals surface area contributed by atoms with Gasteiger partial charge >= 0.3 is 0 Å². The number of nitrogens with zero attached hydrogens (tertiary/aromatic N) is 1. The van der Waals surface area contributed by atoms with E-state index in [0.29, 0.717) is 6.04 Å². The molecule has 4 heteroatoms. The number of hydrogen-bond acceptors (Lipinski definition) is 4. The normalized spacial score (nSPS) is 19.2. The minimum atomic E-state index is 0.144. The predicted molar refractivity (Wildman–Crippen MR) is 81.1 cm³/mol. The molecule has 0 bridgehead atoms. The average Bonchev–Trinajstić information content (AvgIpc) is 2.76. The number of morpholine rings is 1. The second kappa shape index (κ2) is 6.29. The minimum absolute atomic E-state index is 0.144. The molecule has 1 saturated heterocycles. The van der Waals surface area contributed by atoms with Gasteiger partial charge in [-0.1, -0.05) is 0 Å². The van der Waals surface area contributed by atoms with Crippen LogP contribution in [-0.2, 0) is 4.74 Å². The molecule has 1 unspecified atom stereocenters. The van der Waals surface area contributed by atoms with Gasteiger partial charge in [0.25, 0.3) is 0 Å². The maximum absolute atomic E-state index is 5.62. The summed E-state index contributed by atoms with van der Waals surface area (Å²) in [7, 11) is 0. The first-order chi connectivity index (χ1) is 9.40. The summed E-state index contributed by atoms with van der Waals surface area (Å²) < 4.78 is 11.1. The molecule has 1 aromatic heterocycles. The highest BCUT2D eigenvalue weighted by atomic mass is 16.5. The van der Waals surface area contributed by atoms with Crippen molar-refractivity contribution < 1.29 is 9.15 Å². The highest BCUT2D eigenvalue weighted by molar-refractivity contribution is 5.23. The maximum atomic E-state index is 5.62. The first-order valence-electron chi connectivity index (χ1n) is 7.53. The van der Waals surface area contributed by atoms with E-state index in [1.54, 1.807) is 0 Å². The molecule has 20 heavy (non-hydrogen) atoms. The summed E-state index contributed by atoms with van der Waals surface area (Å²) in [5.74, 6) is 2.00. The molecular formula is C16H28N2O2. The molecular weight excluding hydrogens is 252 g/mol. The van der Waals surface area contributed by atoms with E-state index in [2.05, 4.69) is 37.1 Å². The molecule has 1 aliphatic rings. The summed E-state index contributed by atoms with van der Waals surface area (Å²) in [6.45, 7) is 15.5. The van der Waals surface area contributed by atoms with Gasteiger partial charge in [0.05, 0.1) is 13.2 Å². The van der Waals surface area contributed by atoms with Crippen molar-refractivity contribution in [2.45, 2.75) is 46.2 Å². The molecule has 114 valence electrons. The first kappa shape index (κ1) is 15.5. The van der Waals surface area contributed by atoms with Crippen molar-refractivity contribution in [3.63, 3.8) is 0 Å². The van der Waals surface area contributed by atoms with E-state index in [1.807, 2.05) is 13.8 Å². The lowest BCUT2D eigenvalue weighted by Crippen LogP contribution is -2.54. The van der Waals surface area contributed by atoms with E-state index in [-0.39, 0.29) is 5.54 Å². The molecule has 1 fully saturated rings. The topological polar surface area (TPSA) is 37.6 Å². The molecule has 0 spiro atoms. The van der Waals surface area contributed by atoms with E-state index in [0.717, 1.165) is 44.4 Å². The van der Waals surface area contributed by atoms with Crippen molar-refractivity contribution >= 4 is 0 Å². The molecule has 1 aliphatic heterocycles. The molecule has 0 aliphatic carbocycles. The fourth-order valence-corrected chi connectivity index (χ4v) is 2.87. The van der Waals surface area contributed by atoms with Crippen LogP contribution in [0.3, 0.4) is 0 Å². The van der Waals surface area contributed by atoms with E-state index >= 15 is 0 Å². The van der Waals surface area contributed by atoms with Crippen LogP contribution in [0.2, 0.25) is 0 Å². The van der Waals surface area contributed by atoms with Crippen molar-refractivity contribution in [1.82, 2.24) is 10.2 Å². The fourth-order valence-electron chi connectivity index (χ4n) is 2.87. The van der Waals surface area contributed by atoms with Crippen molar-refractivity contribution in [2.75, 3.05) is 32.8 Å². The fraction of sp³-hybridized carbons (Fsp3) is 0.750. The Balaban J connectivity index is 1.91. The molecule has 1 aromatic rings. The minimum Gasteiger partial charge on any atom is -0.466 e. The van der Waals surface area contributed by atoms with Crippen LogP contribution in [0.5, 0.6) is 0 Å². The van der Waals surface area contributed by atoms with Crippen LogP contribution in [0.15, 0.2) is 10.5 Å². The Morgan fingerprint density at radius 1 is 1.30 bits per heavy atom. The third kappa shape index (κ3) is 3.62. The summed E-state index contributed by atoms with van der Waals surface area (Å²) in [6.07, 6.45) is 0. The number of ether oxygens (including phenoxy) is 1. The Labute approximate surface area is 122 Å². The van der Waals surface area contributed by atoms with Gasteiger partial charge in [0.15, 0.2) is 0 Å². The highest BCUT2D eigenvalue weighted by Crippen LogP contribution is 2.22. The standard InChI is InChI=1S/C16H28N2O2/c1-12-10-15(14(3)20-12)13(2)17-11-16(4,5)18-6-8-19-9-7-18/h10,13,17H,6-9,11H2,1-5H3. The third-order valence-corrected chi connectivity index (χ3v) is 4.25. The van der Waals surface area contributed by atoms with Crippen molar-refractivity contribution in [2.24, 2.45) is 0 Å². The van der Waals surface area contributed by atoms with Crippen LogP contribution in [0.1, 0.15) is 43.9 Å². The van der Waals surface area contributed by atoms with Crippen LogP contribution < -0.4 is 5.32 Å². The van der Waals surface area contributed by atoms with Crippen molar-refractivity contribution in [3.05, 3.63) is 23.2 Å². The van der Waals surface area contributed by atoms with Crippen molar-refractivity contribution in [3.8, 4) is 0 Å². The van der Waals surface area contributed by atoms with Gasteiger partial charge < -0.3 is 14.5 Å². The molecule has 0 saturated carbocycles. The van der Waals surface area contributed by atoms with Gasteiger partial charge in [-0.15, -0.1) is 0 Å². The molecule has 0 aromatic carbocycles. The van der Waals surface area contributed by atoms with Gasteiger partial charge in [-0.05, 0) is 40.7 Å². The van der Waals surface area contributed by atoms with E-state index in [4.69, 9.17) is 9.15 Å². The molecule has 4 nitrogen and oxygen atoms in total. The van der Waals surface area contributed by atoms with Gasteiger partial charge in [0.2, 0.25) is 0 Å². The SMILES string of the molecule is Cc1cc(C(C)NCC(C)(C)N2CCOCC2)c(C)o1. The zero-order valence-corrected chi connectivity index (χ0v) is 13.5. The molecule has 0 amide bonds.